The summed E-state index contributed by atoms with van der Waals surface area (Å²) in [7, 11) is 0. The van der Waals surface area contributed by atoms with E-state index >= 15 is 0 Å². The minimum atomic E-state index is -1.09. The van der Waals surface area contributed by atoms with E-state index in [0.717, 1.165) is 47.4 Å². The molecule has 5 heteroatoms. The molecule has 3 N–H and O–H groups in total. The minimum absolute atomic E-state index is 0.147. The van der Waals surface area contributed by atoms with Gasteiger partial charge in [-0.05, 0) is 37.1 Å². The monoisotopic (exact) mass is 261 g/mol. The van der Waals surface area contributed by atoms with Gasteiger partial charge in [0.2, 0.25) is 0 Å². The Morgan fingerprint density at radius 1 is 1.37 bits per heavy atom. The highest BCUT2D eigenvalue weighted by atomic mass is 16.4. The number of carbonyl (C=O) groups is 1. The Balaban J connectivity index is 2.55. The zero-order valence-electron chi connectivity index (χ0n) is 11.4. The number of nitrogens with zero attached hydrogens (tertiary/aromatic N) is 2. The number of carboxylic acids is 1. The highest BCUT2D eigenvalue weighted by Gasteiger charge is 2.12. The third-order valence-electron chi connectivity index (χ3n) is 3.38. The van der Waals surface area contributed by atoms with E-state index in [4.69, 9.17) is 0 Å². The third-order valence-corrected chi connectivity index (χ3v) is 3.38. The third kappa shape index (κ3) is 2.76. The summed E-state index contributed by atoms with van der Waals surface area (Å²) in [5, 5.41) is 10.9. The predicted octanol–water partition coefficient (Wildman–Crippen LogP) is -0.422. The van der Waals surface area contributed by atoms with Crippen LogP contribution >= 0.6 is 0 Å². The maximum absolute atomic E-state index is 10.9. The average Bonchev–Trinajstić information content (AvgIpc) is 2.65. The molecule has 5 nitrogen and oxygen atoms in total. The standard InChI is InChI=1S/C14H19N3O2/c1-9-6-11-12(7-10(9)2)17(8-14(18)19)13(16-11)4-3-5-15/h6-7H,3-5,8,15H2,1-2H3,(H,18,19). The zero-order valence-corrected chi connectivity index (χ0v) is 11.4. The minimum Gasteiger partial charge on any atom is -0.548 e. The molecular weight excluding hydrogens is 242 g/mol. The molecule has 1 aromatic carbocycles. The molecule has 0 fully saturated rings. The molecule has 0 saturated heterocycles. The van der Waals surface area contributed by atoms with Crippen molar-refractivity contribution >= 4 is 17.0 Å². The van der Waals surface area contributed by atoms with Gasteiger partial charge < -0.3 is 20.2 Å². The van der Waals surface area contributed by atoms with Gasteiger partial charge >= 0.3 is 0 Å². The number of aliphatic carboxylic acids is 1. The summed E-state index contributed by atoms with van der Waals surface area (Å²) in [5.74, 6) is -0.291. The molecule has 2 aromatic rings. The molecule has 0 spiro atoms. The van der Waals surface area contributed by atoms with Gasteiger partial charge in [0.1, 0.15) is 5.82 Å². The predicted molar refractivity (Wildman–Crippen MR) is 70.3 cm³/mol. The number of aromatic nitrogens is 2. The normalized spacial score (nSPS) is 11.1. The molecule has 102 valence electrons. The molecule has 0 aliphatic heterocycles. The molecule has 0 atom stereocenters. The summed E-state index contributed by atoms with van der Waals surface area (Å²) in [4.78, 5) is 15.5. The van der Waals surface area contributed by atoms with Crippen LogP contribution in [0.4, 0.5) is 0 Å². The van der Waals surface area contributed by atoms with Crippen LogP contribution in [0.5, 0.6) is 0 Å². The van der Waals surface area contributed by atoms with Crippen molar-refractivity contribution in [2.24, 2.45) is 0 Å². The molecule has 0 amide bonds. The lowest BCUT2D eigenvalue weighted by molar-refractivity contribution is -0.368. The first kappa shape index (κ1) is 13.5. The summed E-state index contributed by atoms with van der Waals surface area (Å²) in [6.07, 6.45) is 1.64. The summed E-state index contributed by atoms with van der Waals surface area (Å²) in [6, 6.07) is 4.00. The second-order valence-corrected chi connectivity index (χ2v) is 4.87. The Morgan fingerprint density at radius 2 is 2.05 bits per heavy atom. The van der Waals surface area contributed by atoms with Crippen LogP contribution in [0, 0.1) is 13.8 Å². The topological polar surface area (TPSA) is 85.6 Å². The van der Waals surface area contributed by atoms with Crippen molar-refractivity contribution in [2.75, 3.05) is 6.54 Å². The van der Waals surface area contributed by atoms with Crippen LogP contribution in [-0.4, -0.2) is 22.1 Å². The molecule has 0 aliphatic carbocycles. The van der Waals surface area contributed by atoms with E-state index in [1.807, 2.05) is 26.0 Å². The lowest BCUT2D eigenvalue weighted by atomic mass is 10.1. The number of benzene rings is 1. The lowest BCUT2D eigenvalue weighted by Gasteiger charge is -2.10. The maximum atomic E-state index is 10.9. The van der Waals surface area contributed by atoms with Crippen LogP contribution in [0.25, 0.3) is 11.0 Å². The highest BCUT2D eigenvalue weighted by molar-refractivity contribution is 5.79. The van der Waals surface area contributed by atoms with Gasteiger partial charge in [-0.3, -0.25) is 0 Å². The fourth-order valence-corrected chi connectivity index (χ4v) is 2.21. The van der Waals surface area contributed by atoms with Crippen LogP contribution in [0.3, 0.4) is 0 Å². The Morgan fingerprint density at radius 3 is 2.68 bits per heavy atom. The highest BCUT2D eigenvalue weighted by Crippen LogP contribution is 2.21. The van der Waals surface area contributed by atoms with Crippen molar-refractivity contribution in [3.8, 4) is 0 Å². The molecule has 19 heavy (non-hydrogen) atoms. The fraction of sp³-hybridized carbons (Fsp3) is 0.429. The van der Waals surface area contributed by atoms with E-state index in [2.05, 4.69) is 10.7 Å². The molecule has 0 radical (unpaired) electrons. The quantitative estimate of drug-likeness (QED) is 0.793. The first-order valence-corrected chi connectivity index (χ1v) is 6.48. The van der Waals surface area contributed by atoms with E-state index in [-0.39, 0.29) is 6.54 Å². The molecule has 1 aromatic heterocycles. The van der Waals surface area contributed by atoms with Crippen LogP contribution in [0.15, 0.2) is 12.1 Å². The molecule has 0 saturated carbocycles. The summed E-state index contributed by atoms with van der Waals surface area (Å²) in [6.45, 7) is 4.71. The van der Waals surface area contributed by atoms with Crippen molar-refractivity contribution in [3.63, 3.8) is 0 Å². The molecule has 0 unspecified atom stereocenters. The van der Waals surface area contributed by atoms with Gasteiger partial charge in [0.05, 0.1) is 30.1 Å². The fourth-order valence-electron chi connectivity index (χ4n) is 2.21. The van der Waals surface area contributed by atoms with Crippen molar-refractivity contribution in [3.05, 3.63) is 29.1 Å². The Labute approximate surface area is 112 Å². The second-order valence-electron chi connectivity index (χ2n) is 4.87. The lowest BCUT2D eigenvalue weighted by Crippen LogP contribution is -2.50. The smallest absolute Gasteiger partial charge is 0.110 e. The number of carboxylic acid groups (broad SMARTS) is 1. The van der Waals surface area contributed by atoms with Gasteiger partial charge in [0.25, 0.3) is 0 Å². The number of quaternary nitrogens is 1. The molecule has 2 rings (SSSR count). The first-order chi connectivity index (χ1) is 9.02. The van der Waals surface area contributed by atoms with Crippen LogP contribution in [0.1, 0.15) is 23.4 Å². The Kier molecular flexibility index (Phi) is 3.85. The largest absolute Gasteiger partial charge is 0.548 e. The van der Waals surface area contributed by atoms with Gasteiger partial charge in [-0.1, -0.05) is 0 Å². The number of hydrogen-bond donors (Lipinski definition) is 1. The van der Waals surface area contributed by atoms with Gasteiger partial charge in [-0.2, -0.15) is 0 Å². The van der Waals surface area contributed by atoms with Gasteiger partial charge in [0, 0.05) is 12.8 Å². The van der Waals surface area contributed by atoms with Gasteiger partial charge in [-0.15, -0.1) is 0 Å². The van der Waals surface area contributed by atoms with Crippen molar-refractivity contribution in [2.45, 2.75) is 33.2 Å². The summed E-state index contributed by atoms with van der Waals surface area (Å²) >= 11 is 0. The summed E-state index contributed by atoms with van der Waals surface area (Å²) in [5.41, 5.74) is 7.82. The van der Waals surface area contributed by atoms with Gasteiger partial charge in [-0.25, -0.2) is 4.98 Å². The molecule has 1 heterocycles. The average molecular weight is 261 g/mol. The van der Waals surface area contributed by atoms with Crippen LogP contribution < -0.4 is 10.8 Å². The summed E-state index contributed by atoms with van der Waals surface area (Å²) < 4.78 is 1.74. The van der Waals surface area contributed by atoms with E-state index in [1.54, 1.807) is 4.57 Å². The Bertz CT molecular complexity index is 617. The van der Waals surface area contributed by atoms with E-state index in [9.17, 15) is 9.90 Å². The molecular formula is C14H19N3O2. The maximum Gasteiger partial charge on any atom is 0.110 e. The van der Waals surface area contributed by atoms with Crippen molar-refractivity contribution in [1.82, 2.24) is 9.55 Å². The Hall–Kier alpha value is -1.88. The molecule has 0 bridgehead atoms. The number of aryl methyl sites for hydroxylation is 3. The van der Waals surface area contributed by atoms with E-state index < -0.39 is 5.97 Å². The van der Waals surface area contributed by atoms with Crippen molar-refractivity contribution in [1.29, 1.82) is 0 Å². The zero-order chi connectivity index (χ0) is 14.0. The van der Waals surface area contributed by atoms with Crippen LogP contribution in [-0.2, 0) is 17.8 Å². The van der Waals surface area contributed by atoms with Gasteiger partial charge in [0.15, 0.2) is 0 Å². The first-order valence-electron chi connectivity index (χ1n) is 6.48. The van der Waals surface area contributed by atoms with Crippen LogP contribution in [0.2, 0.25) is 0 Å². The van der Waals surface area contributed by atoms with Crippen molar-refractivity contribution < 1.29 is 15.6 Å². The van der Waals surface area contributed by atoms with E-state index in [1.165, 1.54) is 0 Å². The number of hydrogen-bond acceptors (Lipinski definition) is 3. The SMILES string of the molecule is Cc1cc2nc(CCC[NH3+])n(CC(=O)[O-])c2cc1C. The molecule has 0 aliphatic rings. The number of imidazole rings is 1. The second kappa shape index (κ2) is 5.40. The van der Waals surface area contributed by atoms with E-state index in [0.29, 0.717) is 0 Å². The number of rotatable bonds is 5. The number of carbonyl (C=O) groups excluding carboxylic acids is 1. The number of fused-ring (bicyclic) bond motifs is 1.